The van der Waals surface area contributed by atoms with E-state index in [-0.39, 0.29) is 24.4 Å². The molecule has 0 radical (unpaired) electrons. The van der Waals surface area contributed by atoms with Crippen molar-refractivity contribution in [2.75, 3.05) is 6.54 Å². The van der Waals surface area contributed by atoms with E-state index in [0.29, 0.717) is 11.9 Å². The number of hydrogen-bond acceptors (Lipinski definition) is 2. The van der Waals surface area contributed by atoms with Crippen LogP contribution in [0.25, 0.3) is 0 Å². The van der Waals surface area contributed by atoms with Crippen LogP contribution in [0.15, 0.2) is 24.3 Å². The molecule has 1 aliphatic heterocycles. The summed E-state index contributed by atoms with van der Waals surface area (Å²) in [6.07, 6.45) is 6.14. The molecule has 1 aliphatic carbocycles. The van der Waals surface area contributed by atoms with E-state index in [1.165, 1.54) is 11.1 Å². The van der Waals surface area contributed by atoms with Crippen molar-refractivity contribution < 1.29 is 4.79 Å². The van der Waals surface area contributed by atoms with E-state index in [4.69, 9.17) is 5.73 Å². The molecule has 0 aromatic heterocycles. The predicted molar refractivity (Wildman–Crippen MR) is 92.2 cm³/mol. The number of amides is 1. The summed E-state index contributed by atoms with van der Waals surface area (Å²) in [6.45, 7) is 3.04. The molecule has 2 fully saturated rings. The summed E-state index contributed by atoms with van der Waals surface area (Å²) >= 11 is 0. The lowest BCUT2D eigenvalue weighted by molar-refractivity contribution is -0.136. The minimum Gasteiger partial charge on any atom is -0.339 e. The quantitative estimate of drug-likeness (QED) is 0.929. The summed E-state index contributed by atoms with van der Waals surface area (Å²) in [5, 5.41) is 0. The van der Waals surface area contributed by atoms with Gasteiger partial charge >= 0.3 is 0 Å². The van der Waals surface area contributed by atoms with Gasteiger partial charge < -0.3 is 10.6 Å². The molecule has 1 heterocycles. The zero-order chi connectivity index (χ0) is 14.8. The molecule has 0 bridgehead atoms. The van der Waals surface area contributed by atoms with E-state index in [1.54, 1.807) is 0 Å². The van der Waals surface area contributed by atoms with Crippen molar-refractivity contribution in [3.8, 4) is 0 Å². The Balaban J connectivity index is 0.00000176. The smallest absolute Gasteiger partial charge is 0.226 e. The number of likely N-dealkylation sites (tertiary alicyclic amines) is 1. The van der Waals surface area contributed by atoms with Crippen LogP contribution >= 0.6 is 12.4 Å². The number of aryl methyl sites for hydroxylation is 1. The molecule has 122 valence electrons. The molecule has 2 N–H and O–H groups in total. The van der Waals surface area contributed by atoms with Crippen LogP contribution in [-0.2, 0) is 11.2 Å². The topological polar surface area (TPSA) is 46.3 Å². The Morgan fingerprint density at radius 1 is 1.23 bits per heavy atom. The standard InChI is InChI=1S/C18H26N2O.ClH/c1-13-4-6-14(7-5-13)11-17-3-2-10-20(17)18(21)15-8-9-16(19)12-15;/h4-7,15-17H,2-3,8-12,19H2,1H3;1H. The van der Waals surface area contributed by atoms with Crippen molar-refractivity contribution in [2.24, 2.45) is 11.7 Å². The fraction of sp³-hybridized carbons (Fsp3) is 0.611. The van der Waals surface area contributed by atoms with Crippen molar-refractivity contribution in [1.29, 1.82) is 0 Å². The first kappa shape index (κ1) is 17.3. The number of hydrogen-bond donors (Lipinski definition) is 1. The van der Waals surface area contributed by atoms with Gasteiger partial charge in [0.1, 0.15) is 0 Å². The highest BCUT2D eigenvalue weighted by molar-refractivity contribution is 5.85. The molecule has 3 atom stereocenters. The maximum absolute atomic E-state index is 12.7. The lowest BCUT2D eigenvalue weighted by Gasteiger charge is -2.27. The van der Waals surface area contributed by atoms with E-state index in [1.807, 2.05) is 0 Å². The van der Waals surface area contributed by atoms with E-state index in [9.17, 15) is 4.79 Å². The molecule has 0 spiro atoms. The van der Waals surface area contributed by atoms with Gasteiger partial charge in [-0.1, -0.05) is 29.8 Å². The van der Waals surface area contributed by atoms with Gasteiger partial charge in [0.15, 0.2) is 0 Å². The zero-order valence-electron chi connectivity index (χ0n) is 13.3. The summed E-state index contributed by atoms with van der Waals surface area (Å²) < 4.78 is 0. The van der Waals surface area contributed by atoms with Gasteiger partial charge in [0.05, 0.1) is 0 Å². The number of nitrogens with two attached hydrogens (primary N) is 1. The fourth-order valence-electron chi connectivity index (χ4n) is 3.81. The minimum absolute atomic E-state index is 0. The van der Waals surface area contributed by atoms with Crippen LogP contribution in [0.4, 0.5) is 0 Å². The van der Waals surface area contributed by atoms with Crippen LogP contribution in [0.5, 0.6) is 0 Å². The van der Waals surface area contributed by atoms with Gasteiger partial charge in [-0.15, -0.1) is 12.4 Å². The van der Waals surface area contributed by atoms with Gasteiger partial charge in [0.25, 0.3) is 0 Å². The molecule has 4 heteroatoms. The first-order valence-electron chi connectivity index (χ1n) is 8.25. The normalized spacial score (nSPS) is 27.7. The van der Waals surface area contributed by atoms with Crippen LogP contribution in [0.1, 0.15) is 43.2 Å². The van der Waals surface area contributed by atoms with Crippen molar-refractivity contribution in [3.63, 3.8) is 0 Å². The predicted octanol–water partition coefficient (Wildman–Crippen LogP) is 3.08. The van der Waals surface area contributed by atoms with E-state index in [2.05, 4.69) is 36.1 Å². The zero-order valence-corrected chi connectivity index (χ0v) is 14.1. The number of nitrogens with zero attached hydrogens (tertiary/aromatic N) is 1. The van der Waals surface area contributed by atoms with Crippen molar-refractivity contribution in [1.82, 2.24) is 4.90 Å². The second kappa shape index (κ2) is 7.47. The van der Waals surface area contributed by atoms with E-state index in [0.717, 1.165) is 45.1 Å². The molecule has 3 nitrogen and oxygen atoms in total. The Morgan fingerprint density at radius 2 is 1.95 bits per heavy atom. The summed E-state index contributed by atoms with van der Waals surface area (Å²) in [7, 11) is 0. The average Bonchev–Trinajstić information content (AvgIpc) is 3.10. The molecule has 1 aromatic carbocycles. The Bertz CT molecular complexity index is 502. The molecular weight excluding hydrogens is 296 g/mol. The van der Waals surface area contributed by atoms with Crippen LogP contribution in [-0.4, -0.2) is 29.4 Å². The molecule has 1 saturated heterocycles. The van der Waals surface area contributed by atoms with Gasteiger partial charge in [-0.2, -0.15) is 0 Å². The third-order valence-electron chi connectivity index (χ3n) is 5.07. The lowest BCUT2D eigenvalue weighted by Crippen LogP contribution is -2.40. The Kier molecular flexibility index (Phi) is 5.87. The molecule has 2 aliphatic rings. The van der Waals surface area contributed by atoms with Crippen LogP contribution < -0.4 is 5.73 Å². The number of benzene rings is 1. The number of carbonyl (C=O) groups excluding carboxylic acids is 1. The van der Waals surface area contributed by atoms with Crippen molar-refractivity contribution in [2.45, 2.75) is 57.5 Å². The Labute approximate surface area is 139 Å². The molecule has 1 saturated carbocycles. The second-order valence-electron chi connectivity index (χ2n) is 6.79. The summed E-state index contributed by atoms with van der Waals surface area (Å²) in [6, 6.07) is 9.33. The highest BCUT2D eigenvalue weighted by atomic mass is 35.5. The first-order chi connectivity index (χ1) is 10.1. The third kappa shape index (κ3) is 3.82. The van der Waals surface area contributed by atoms with Gasteiger partial charge in [0.2, 0.25) is 5.91 Å². The third-order valence-corrected chi connectivity index (χ3v) is 5.07. The summed E-state index contributed by atoms with van der Waals surface area (Å²) in [5.41, 5.74) is 8.59. The van der Waals surface area contributed by atoms with Crippen LogP contribution in [0.3, 0.4) is 0 Å². The number of rotatable bonds is 3. The molecule has 3 rings (SSSR count). The molecular formula is C18H27ClN2O. The maximum atomic E-state index is 12.7. The van der Waals surface area contributed by atoms with Crippen molar-refractivity contribution >= 4 is 18.3 Å². The second-order valence-corrected chi connectivity index (χ2v) is 6.79. The molecule has 1 aromatic rings. The van der Waals surface area contributed by atoms with Crippen molar-refractivity contribution in [3.05, 3.63) is 35.4 Å². The Morgan fingerprint density at radius 3 is 2.59 bits per heavy atom. The molecule has 22 heavy (non-hydrogen) atoms. The number of halogens is 1. The maximum Gasteiger partial charge on any atom is 0.226 e. The molecule has 3 unspecified atom stereocenters. The van der Waals surface area contributed by atoms with Gasteiger partial charge in [-0.05, 0) is 51.0 Å². The number of carbonyl (C=O) groups is 1. The van der Waals surface area contributed by atoms with E-state index >= 15 is 0 Å². The average molecular weight is 323 g/mol. The fourth-order valence-corrected chi connectivity index (χ4v) is 3.81. The van der Waals surface area contributed by atoms with Gasteiger partial charge in [0, 0.05) is 24.5 Å². The highest BCUT2D eigenvalue weighted by Gasteiger charge is 2.36. The highest BCUT2D eigenvalue weighted by Crippen LogP contribution is 2.30. The van der Waals surface area contributed by atoms with E-state index < -0.39 is 0 Å². The van der Waals surface area contributed by atoms with Gasteiger partial charge in [-0.3, -0.25) is 4.79 Å². The largest absolute Gasteiger partial charge is 0.339 e. The Hall–Kier alpha value is -1.06. The monoisotopic (exact) mass is 322 g/mol. The SMILES string of the molecule is Cc1ccc(CC2CCCN2C(=O)C2CCC(N)C2)cc1.Cl. The minimum atomic E-state index is 0. The van der Waals surface area contributed by atoms with Crippen LogP contribution in [0.2, 0.25) is 0 Å². The molecule has 1 amide bonds. The van der Waals surface area contributed by atoms with Crippen LogP contribution in [0, 0.1) is 12.8 Å². The summed E-state index contributed by atoms with van der Waals surface area (Å²) in [4.78, 5) is 14.9. The summed E-state index contributed by atoms with van der Waals surface area (Å²) in [5.74, 6) is 0.538. The lowest BCUT2D eigenvalue weighted by atomic mass is 10.0. The first-order valence-corrected chi connectivity index (χ1v) is 8.25. The van der Waals surface area contributed by atoms with Gasteiger partial charge in [-0.25, -0.2) is 0 Å².